The largest absolute Gasteiger partial charge is 0.463 e. The van der Waals surface area contributed by atoms with Crippen LogP contribution in [-0.4, -0.2) is 45.5 Å². The van der Waals surface area contributed by atoms with Crippen LogP contribution in [0.1, 0.15) is 12.8 Å². The average Bonchev–Trinajstić information content (AvgIpc) is 3.60. The highest BCUT2D eigenvalue weighted by Gasteiger charge is 2.25. The fourth-order valence-electron chi connectivity index (χ4n) is 4.01. The number of aromatic nitrogens is 4. The van der Waals surface area contributed by atoms with Crippen molar-refractivity contribution < 1.29 is 9.21 Å². The Bertz CT molecular complexity index is 1280. The van der Waals surface area contributed by atoms with Crippen LogP contribution in [0.3, 0.4) is 0 Å². The fraction of sp³-hybridized carbons (Fsp3) is 0.292. The molecule has 1 saturated heterocycles. The Balaban J connectivity index is 1.11. The van der Waals surface area contributed by atoms with Crippen molar-refractivity contribution in [1.29, 1.82) is 0 Å². The first-order chi connectivity index (χ1) is 16.7. The fourth-order valence-corrected chi connectivity index (χ4v) is 4.71. The van der Waals surface area contributed by atoms with E-state index in [1.807, 2.05) is 41.8 Å². The molecule has 0 spiro atoms. The number of nitrogens with one attached hydrogen (secondary N) is 1. The van der Waals surface area contributed by atoms with E-state index in [-0.39, 0.29) is 17.4 Å². The lowest BCUT2D eigenvalue weighted by Crippen LogP contribution is -2.42. The van der Waals surface area contributed by atoms with Gasteiger partial charge in [0.05, 0.1) is 17.7 Å². The van der Waals surface area contributed by atoms with Gasteiger partial charge in [0.1, 0.15) is 11.4 Å². The van der Waals surface area contributed by atoms with Crippen LogP contribution in [-0.2, 0) is 11.3 Å². The molecule has 1 aliphatic heterocycles. The Morgan fingerprint density at radius 2 is 1.91 bits per heavy atom. The van der Waals surface area contributed by atoms with Gasteiger partial charge in [-0.3, -0.25) is 9.59 Å². The summed E-state index contributed by atoms with van der Waals surface area (Å²) in [6, 6.07) is 14.7. The molecule has 1 amide bonds. The zero-order chi connectivity index (χ0) is 23.3. The van der Waals surface area contributed by atoms with Gasteiger partial charge in [-0.2, -0.15) is 5.10 Å². The summed E-state index contributed by atoms with van der Waals surface area (Å²) in [6.45, 7) is 2.16. The Morgan fingerprint density at radius 3 is 2.62 bits per heavy atom. The monoisotopic (exact) mass is 476 g/mol. The molecule has 5 rings (SSSR count). The second-order valence-electron chi connectivity index (χ2n) is 8.06. The van der Waals surface area contributed by atoms with Crippen molar-refractivity contribution in [2.45, 2.75) is 19.4 Å². The van der Waals surface area contributed by atoms with E-state index in [4.69, 9.17) is 4.42 Å². The second-order valence-corrected chi connectivity index (χ2v) is 9.01. The molecule has 0 unspecified atom stereocenters. The van der Waals surface area contributed by atoms with E-state index in [1.54, 1.807) is 23.7 Å². The van der Waals surface area contributed by atoms with Crippen LogP contribution in [0, 0.1) is 5.92 Å². The number of furan rings is 1. The minimum absolute atomic E-state index is 0.0151. The highest BCUT2D eigenvalue weighted by molar-refractivity contribution is 7.13. The maximum atomic E-state index is 12.7. The molecule has 0 saturated carbocycles. The Labute approximate surface area is 200 Å². The second kappa shape index (κ2) is 10.0. The number of anilines is 1. The van der Waals surface area contributed by atoms with Gasteiger partial charge in [-0.1, -0.05) is 6.07 Å². The van der Waals surface area contributed by atoms with E-state index in [2.05, 4.69) is 25.5 Å². The number of nitrogens with zero attached hydrogens (tertiary/aromatic N) is 5. The quantitative estimate of drug-likeness (QED) is 0.437. The molecule has 174 valence electrons. The lowest BCUT2D eigenvalue weighted by atomic mass is 9.96. The van der Waals surface area contributed by atoms with E-state index in [1.165, 1.54) is 10.7 Å². The van der Waals surface area contributed by atoms with Gasteiger partial charge in [0, 0.05) is 31.6 Å². The van der Waals surface area contributed by atoms with Gasteiger partial charge in [-0.05, 0) is 54.6 Å². The summed E-state index contributed by atoms with van der Waals surface area (Å²) in [5, 5.41) is 17.9. The molecule has 5 heterocycles. The SMILES string of the molecule is O=C(NCCn1nc(-c2cccs2)ccc1=O)C1CCN(c2ccc(-c3ccco3)nn2)CC1. The third-order valence-electron chi connectivity index (χ3n) is 5.88. The van der Waals surface area contributed by atoms with Crippen LogP contribution >= 0.6 is 11.3 Å². The third-order valence-corrected chi connectivity index (χ3v) is 6.77. The number of hydrogen-bond acceptors (Lipinski definition) is 8. The van der Waals surface area contributed by atoms with E-state index in [0.29, 0.717) is 24.5 Å². The Hall–Kier alpha value is -3.79. The summed E-state index contributed by atoms with van der Waals surface area (Å²) >= 11 is 1.57. The molecule has 1 N–H and O–H groups in total. The predicted octanol–water partition coefficient (Wildman–Crippen LogP) is 3.05. The van der Waals surface area contributed by atoms with Crippen molar-refractivity contribution in [2.24, 2.45) is 5.92 Å². The molecule has 0 aliphatic carbocycles. The molecule has 0 bridgehead atoms. The molecule has 0 radical (unpaired) electrons. The summed E-state index contributed by atoms with van der Waals surface area (Å²) < 4.78 is 6.76. The van der Waals surface area contributed by atoms with Crippen LogP contribution in [0.2, 0.25) is 0 Å². The minimum Gasteiger partial charge on any atom is -0.463 e. The molecule has 1 aliphatic rings. The van der Waals surface area contributed by atoms with Crippen molar-refractivity contribution in [2.75, 3.05) is 24.5 Å². The lowest BCUT2D eigenvalue weighted by Gasteiger charge is -2.31. The van der Waals surface area contributed by atoms with E-state index in [0.717, 1.165) is 42.3 Å². The highest BCUT2D eigenvalue weighted by Crippen LogP contribution is 2.24. The van der Waals surface area contributed by atoms with Gasteiger partial charge >= 0.3 is 0 Å². The summed E-state index contributed by atoms with van der Waals surface area (Å²) in [5.41, 5.74) is 1.27. The topological polar surface area (TPSA) is 106 Å². The van der Waals surface area contributed by atoms with Gasteiger partial charge < -0.3 is 14.6 Å². The molecule has 10 heteroatoms. The molecule has 0 atom stereocenters. The Kier molecular flexibility index (Phi) is 6.48. The van der Waals surface area contributed by atoms with Crippen molar-refractivity contribution in [3.8, 4) is 22.0 Å². The molecule has 4 aromatic heterocycles. The first-order valence-corrected chi connectivity index (χ1v) is 12.1. The summed E-state index contributed by atoms with van der Waals surface area (Å²) in [4.78, 5) is 28.0. The van der Waals surface area contributed by atoms with Crippen molar-refractivity contribution >= 4 is 23.1 Å². The smallest absolute Gasteiger partial charge is 0.266 e. The van der Waals surface area contributed by atoms with Crippen LogP contribution in [0.15, 0.2) is 69.4 Å². The van der Waals surface area contributed by atoms with Crippen LogP contribution in [0.5, 0.6) is 0 Å². The molecule has 34 heavy (non-hydrogen) atoms. The van der Waals surface area contributed by atoms with E-state index < -0.39 is 0 Å². The molecular weight excluding hydrogens is 452 g/mol. The summed E-state index contributed by atoms with van der Waals surface area (Å²) in [6.07, 6.45) is 3.08. The van der Waals surface area contributed by atoms with E-state index >= 15 is 0 Å². The zero-order valence-corrected chi connectivity index (χ0v) is 19.3. The third kappa shape index (κ3) is 4.91. The van der Waals surface area contributed by atoms with Crippen LogP contribution in [0.4, 0.5) is 5.82 Å². The molecule has 4 aromatic rings. The highest BCUT2D eigenvalue weighted by atomic mass is 32.1. The van der Waals surface area contributed by atoms with Gasteiger partial charge in [-0.15, -0.1) is 21.5 Å². The van der Waals surface area contributed by atoms with Crippen LogP contribution in [0.25, 0.3) is 22.0 Å². The average molecular weight is 477 g/mol. The van der Waals surface area contributed by atoms with Crippen molar-refractivity contribution in [1.82, 2.24) is 25.3 Å². The maximum Gasteiger partial charge on any atom is 0.266 e. The first kappa shape index (κ1) is 22.0. The van der Waals surface area contributed by atoms with Gasteiger partial charge in [0.25, 0.3) is 5.56 Å². The normalized spacial score (nSPS) is 14.3. The van der Waals surface area contributed by atoms with Gasteiger partial charge in [0.2, 0.25) is 5.91 Å². The molecular formula is C24H24N6O3S. The standard InChI is InChI=1S/C24H24N6O3S/c31-23-8-6-19(21-4-2-16-34-21)28-30(23)14-11-25-24(32)17-9-12-29(13-10-17)22-7-5-18(26-27-22)20-3-1-15-33-20/h1-8,15-17H,9-14H2,(H,25,32). The molecule has 9 nitrogen and oxygen atoms in total. The predicted molar refractivity (Wildman–Crippen MR) is 129 cm³/mol. The zero-order valence-electron chi connectivity index (χ0n) is 18.5. The minimum atomic E-state index is -0.179. The number of rotatable bonds is 7. The maximum absolute atomic E-state index is 12.7. The number of thiophene rings is 1. The number of amides is 1. The van der Waals surface area contributed by atoms with Crippen molar-refractivity contribution in [3.05, 3.63) is 70.5 Å². The number of carbonyl (C=O) groups is 1. The lowest BCUT2D eigenvalue weighted by molar-refractivity contribution is -0.125. The first-order valence-electron chi connectivity index (χ1n) is 11.2. The number of piperidine rings is 1. The van der Waals surface area contributed by atoms with Crippen LogP contribution < -0.4 is 15.8 Å². The Morgan fingerprint density at radius 1 is 1.06 bits per heavy atom. The molecule has 0 aromatic carbocycles. The number of carbonyl (C=O) groups excluding carboxylic acids is 1. The summed E-state index contributed by atoms with van der Waals surface area (Å²) in [5.74, 6) is 1.44. The number of hydrogen-bond donors (Lipinski definition) is 1. The van der Waals surface area contributed by atoms with Gasteiger partial charge in [0.15, 0.2) is 11.6 Å². The van der Waals surface area contributed by atoms with E-state index in [9.17, 15) is 9.59 Å². The summed E-state index contributed by atoms with van der Waals surface area (Å²) in [7, 11) is 0. The molecule has 1 fully saturated rings. The van der Waals surface area contributed by atoms with Crippen molar-refractivity contribution in [3.63, 3.8) is 0 Å². The van der Waals surface area contributed by atoms with Gasteiger partial charge in [-0.25, -0.2) is 4.68 Å².